The van der Waals surface area contributed by atoms with Crippen molar-refractivity contribution < 1.29 is 0 Å². The van der Waals surface area contributed by atoms with Crippen LogP contribution in [-0.2, 0) is 5.41 Å². The van der Waals surface area contributed by atoms with Crippen molar-refractivity contribution in [2.24, 2.45) is 0 Å². The van der Waals surface area contributed by atoms with E-state index >= 15 is 0 Å². The fourth-order valence-electron chi connectivity index (χ4n) is 6.61. The number of benzene rings is 5. The van der Waals surface area contributed by atoms with Gasteiger partial charge in [-0.3, -0.25) is 0 Å². The number of rotatable bonds is 6. The molecule has 0 aliphatic heterocycles. The minimum absolute atomic E-state index is 0.0816. The average Bonchev–Trinajstić information content (AvgIpc) is 3.25. The summed E-state index contributed by atoms with van der Waals surface area (Å²) in [6, 6.07) is 50.2. The number of hydrogen-bond acceptors (Lipinski definition) is 2. The minimum atomic E-state index is -0.0816. The van der Waals surface area contributed by atoms with Crippen molar-refractivity contribution in [1.82, 2.24) is 0 Å². The Morgan fingerprint density at radius 1 is 0.561 bits per heavy atom. The summed E-state index contributed by atoms with van der Waals surface area (Å²) < 4.78 is 0. The van der Waals surface area contributed by atoms with Crippen molar-refractivity contribution in [2.45, 2.75) is 31.7 Å². The third-order valence-corrected chi connectivity index (χ3v) is 8.63. The molecule has 200 valence electrons. The van der Waals surface area contributed by atoms with E-state index in [9.17, 15) is 0 Å². The highest BCUT2D eigenvalue weighted by atomic mass is 15.2. The molecular weight excluding hydrogens is 496 g/mol. The third-order valence-electron chi connectivity index (χ3n) is 8.63. The Bertz CT molecular complexity index is 1640. The van der Waals surface area contributed by atoms with Gasteiger partial charge in [-0.15, -0.1) is 0 Å². The number of nitrogens with zero attached hydrogens (tertiary/aromatic N) is 2. The molecule has 0 heterocycles. The van der Waals surface area contributed by atoms with Crippen LogP contribution in [-0.4, -0.2) is 6.04 Å². The summed E-state index contributed by atoms with van der Waals surface area (Å²) in [6.07, 6.45) is 5.76. The first kappa shape index (κ1) is 25.2. The monoisotopic (exact) mass is 530 g/mol. The molecule has 0 spiro atoms. The van der Waals surface area contributed by atoms with Crippen molar-refractivity contribution in [3.05, 3.63) is 168 Å². The third kappa shape index (κ3) is 4.46. The maximum atomic E-state index is 2.48. The average molecular weight is 531 g/mol. The fourth-order valence-corrected chi connectivity index (χ4v) is 6.61. The van der Waals surface area contributed by atoms with Gasteiger partial charge in [-0.25, -0.2) is 0 Å². The summed E-state index contributed by atoms with van der Waals surface area (Å²) in [6.45, 7) is 4.80. The number of fused-ring (bicyclic) bond motifs is 2. The SMILES string of the molecule is CC1(C)C2=C(C=CC(N(c3ccccc3)c3ccccc3)C2)c2ccc(N(c3ccccc3)c3ccccc3)cc21. The molecule has 7 rings (SSSR count). The zero-order valence-corrected chi connectivity index (χ0v) is 23.6. The van der Waals surface area contributed by atoms with E-state index in [4.69, 9.17) is 0 Å². The van der Waals surface area contributed by atoms with Crippen LogP contribution in [0.2, 0.25) is 0 Å². The van der Waals surface area contributed by atoms with Gasteiger partial charge in [0, 0.05) is 33.9 Å². The molecule has 5 aromatic carbocycles. The number of hydrogen-bond donors (Lipinski definition) is 0. The second kappa shape index (κ2) is 10.3. The topological polar surface area (TPSA) is 6.48 Å². The molecule has 0 amide bonds. The summed E-state index contributed by atoms with van der Waals surface area (Å²) >= 11 is 0. The van der Waals surface area contributed by atoms with Crippen molar-refractivity contribution in [3.63, 3.8) is 0 Å². The zero-order valence-electron chi connectivity index (χ0n) is 23.6. The first-order valence-corrected chi connectivity index (χ1v) is 14.5. The molecule has 41 heavy (non-hydrogen) atoms. The first-order chi connectivity index (χ1) is 20.1. The van der Waals surface area contributed by atoms with Gasteiger partial charge in [0.15, 0.2) is 0 Å². The van der Waals surface area contributed by atoms with Crippen LogP contribution in [0, 0.1) is 0 Å². The lowest BCUT2D eigenvalue weighted by Crippen LogP contribution is -2.33. The van der Waals surface area contributed by atoms with Crippen LogP contribution in [0.15, 0.2) is 157 Å². The van der Waals surface area contributed by atoms with Crippen LogP contribution in [0.1, 0.15) is 31.4 Å². The van der Waals surface area contributed by atoms with Crippen molar-refractivity contribution in [2.75, 3.05) is 9.80 Å². The van der Waals surface area contributed by atoms with E-state index < -0.39 is 0 Å². The highest BCUT2D eigenvalue weighted by molar-refractivity contribution is 5.90. The molecular formula is C39H34N2. The van der Waals surface area contributed by atoms with Gasteiger partial charge in [-0.2, -0.15) is 0 Å². The van der Waals surface area contributed by atoms with Crippen molar-refractivity contribution >= 4 is 34.0 Å². The van der Waals surface area contributed by atoms with Gasteiger partial charge >= 0.3 is 0 Å². The number of allylic oxidation sites excluding steroid dienone is 2. The molecule has 1 unspecified atom stereocenters. The molecule has 0 aromatic heterocycles. The highest BCUT2D eigenvalue weighted by Crippen LogP contribution is 2.52. The molecule has 0 saturated carbocycles. The summed E-state index contributed by atoms with van der Waals surface area (Å²) in [5.74, 6) is 0. The lowest BCUT2D eigenvalue weighted by Gasteiger charge is -2.37. The molecule has 0 radical (unpaired) electrons. The highest BCUT2D eigenvalue weighted by Gasteiger charge is 2.40. The van der Waals surface area contributed by atoms with Gasteiger partial charge in [0.2, 0.25) is 0 Å². The van der Waals surface area contributed by atoms with E-state index in [-0.39, 0.29) is 11.5 Å². The Kier molecular flexibility index (Phi) is 6.32. The lowest BCUT2D eigenvalue weighted by atomic mass is 9.77. The normalized spacial score (nSPS) is 16.7. The predicted octanol–water partition coefficient (Wildman–Crippen LogP) is 10.4. The van der Waals surface area contributed by atoms with Gasteiger partial charge in [0.25, 0.3) is 0 Å². The molecule has 2 aliphatic carbocycles. The molecule has 0 bridgehead atoms. The number of para-hydroxylation sites is 4. The quantitative estimate of drug-likeness (QED) is 0.215. The van der Waals surface area contributed by atoms with Gasteiger partial charge in [0.05, 0.1) is 6.04 Å². The minimum Gasteiger partial charge on any atom is -0.334 e. The smallest absolute Gasteiger partial charge is 0.0563 e. The van der Waals surface area contributed by atoms with Crippen molar-refractivity contribution in [1.29, 1.82) is 0 Å². The van der Waals surface area contributed by atoms with E-state index in [2.05, 4.69) is 175 Å². The number of anilines is 5. The molecule has 1 atom stereocenters. The van der Waals surface area contributed by atoms with Gasteiger partial charge in [-0.1, -0.05) is 105 Å². The maximum absolute atomic E-state index is 2.48. The molecule has 2 aliphatic rings. The Labute approximate surface area is 243 Å². The Hall–Kier alpha value is -4.82. The molecule has 0 N–H and O–H groups in total. The summed E-state index contributed by atoms with van der Waals surface area (Å²) in [4.78, 5) is 4.84. The second-order valence-corrected chi connectivity index (χ2v) is 11.4. The molecule has 2 nitrogen and oxygen atoms in total. The standard InChI is InChI=1S/C39H34N2/c1-39(2)37-27-33(40(29-15-7-3-8-16-29)30-17-9-4-10-18-30)23-25-35(37)36-26-24-34(28-38(36)39)41(31-19-11-5-12-20-31)32-21-13-6-14-22-32/h3-27,34H,28H2,1-2H3. The largest absolute Gasteiger partial charge is 0.334 e. The molecule has 0 saturated heterocycles. The van der Waals surface area contributed by atoms with E-state index in [1.807, 2.05) is 0 Å². The van der Waals surface area contributed by atoms with E-state index in [1.54, 1.807) is 0 Å². The van der Waals surface area contributed by atoms with Crippen LogP contribution >= 0.6 is 0 Å². The van der Waals surface area contributed by atoms with Crippen LogP contribution in [0.3, 0.4) is 0 Å². The van der Waals surface area contributed by atoms with E-state index in [0.717, 1.165) is 17.8 Å². The molecule has 2 heteroatoms. The summed E-state index contributed by atoms with van der Waals surface area (Å²) in [5, 5.41) is 0. The van der Waals surface area contributed by atoms with Crippen LogP contribution in [0.4, 0.5) is 28.4 Å². The maximum Gasteiger partial charge on any atom is 0.0563 e. The van der Waals surface area contributed by atoms with E-state index in [1.165, 1.54) is 39.3 Å². The fraction of sp³-hybridized carbons (Fsp3) is 0.128. The summed E-state index contributed by atoms with van der Waals surface area (Å²) in [7, 11) is 0. The van der Waals surface area contributed by atoms with E-state index in [0.29, 0.717) is 0 Å². The zero-order chi connectivity index (χ0) is 27.8. The molecule has 0 fully saturated rings. The lowest BCUT2D eigenvalue weighted by molar-refractivity contribution is 0.585. The van der Waals surface area contributed by atoms with Crippen LogP contribution in [0.5, 0.6) is 0 Å². The Morgan fingerprint density at radius 2 is 1.05 bits per heavy atom. The first-order valence-electron chi connectivity index (χ1n) is 14.5. The van der Waals surface area contributed by atoms with Crippen LogP contribution in [0.25, 0.3) is 5.57 Å². The second-order valence-electron chi connectivity index (χ2n) is 11.4. The Morgan fingerprint density at radius 3 is 1.56 bits per heavy atom. The van der Waals surface area contributed by atoms with Gasteiger partial charge in [-0.05, 0) is 89.4 Å². The van der Waals surface area contributed by atoms with Crippen molar-refractivity contribution in [3.8, 4) is 0 Å². The van der Waals surface area contributed by atoms with Crippen LogP contribution < -0.4 is 9.80 Å². The molecule has 5 aromatic rings. The Balaban J connectivity index is 1.27. The van der Waals surface area contributed by atoms with Gasteiger partial charge in [0.1, 0.15) is 0 Å². The van der Waals surface area contributed by atoms with Gasteiger partial charge < -0.3 is 9.80 Å². The predicted molar refractivity (Wildman–Crippen MR) is 174 cm³/mol. The summed E-state index contributed by atoms with van der Waals surface area (Å²) in [5.41, 5.74) is 11.5.